The minimum absolute atomic E-state index is 0.178. The SMILES string of the molecule is CCSc1nccnc1C(=O)N1CCC(N)(c2cccc(F)c2)C1. The second kappa shape index (κ2) is 6.86. The molecular weight excluding hydrogens is 327 g/mol. The zero-order valence-electron chi connectivity index (χ0n) is 13.4. The summed E-state index contributed by atoms with van der Waals surface area (Å²) >= 11 is 1.49. The third-order valence-electron chi connectivity index (χ3n) is 4.14. The number of hydrogen-bond donors (Lipinski definition) is 1. The van der Waals surface area contributed by atoms with E-state index in [0.29, 0.717) is 35.8 Å². The number of aromatic nitrogens is 2. The smallest absolute Gasteiger partial charge is 0.275 e. The first-order chi connectivity index (χ1) is 11.5. The molecule has 24 heavy (non-hydrogen) atoms. The minimum Gasteiger partial charge on any atom is -0.335 e. The monoisotopic (exact) mass is 346 g/mol. The number of nitrogens with two attached hydrogens (primary N) is 1. The average Bonchev–Trinajstić information content (AvgIpc) is 2.99. The number of nitrogens with zero attached hydrogens (tertiary/aromatic N) is 3. The Bertz CT molecular complexity index is 757. The van der Waals surface area contributed by atoms with Crippen LogP contribution >= 0.6 is 11.8 Å². The highest BCUT2D eigenvalue weighted by Crippen LogP contribution is 2.31. The normalized spacial score (nSPS) is 20.4. The molecule has 1 fully saturated rings. The molecule has 0 saturated carbocycles. The number of likely N-dealkylation sites (tertiary alicyclic amines) is 1. The summed E-state index contributed by atoms with van der Waals surface area (Å²) in [6.45, 7) is 2.85. The van der Waals surface area contributed by atoms with E-state index in [9.17, 15) is 9.18 Å². The molecular formula is C17H19FN4OS. The van der Waals surface area contributed by atoms with Crippen molar-refractivity contribution < 1.29 is 9.18 Å². The number of halogens is 1. The highest BCUT2D eigenvalue weighted by atomic mass is 32.2. The molecule has 1 aliphatic rings. The van der Waals surface area contributed by atoms with Gasteiger partial charge in [0.25, 0.3) is 5.91 Å². The molecule has 0 radical (unpaired) electrons. The molecule has 0 spiro atoms. The van der Waals surface area contributed by atoms with Crippen LogP contribution in [0.3, 0.4) is 0 Å². The summed E-state index contributed by atoms with van der Waals surface area (Å²) in [6, 6.07) is 6.27. The maximum absolute atomic E-state index is 13.5. The van der Waals surface area contributed by atoms with Gasteiger partial charge in [-0.05, 0) is 29.9 Å². The van der Waals surface area contributed by atoms with E-state index < -0.39 is 5.54 Å². The first-order valence-corrected chi connectivity index (χ1v) is 8.80. The van der Waals surface area contributed by atoms with Gasteiger partial charge in [-0.3, -0.25) is 4.79 Å². The number of thioether (sulfide) groups is 1. The summed E-state index contributed by atoms with van der Waals surface area (Å²) in [6.07, 6.45) is 3.68. The molecule has 126 valence electrons. The average molecular weight is 346 g/mol. The van der Waals surface area contributed by atoms with Crippen LogP contribution in [0, 0.1) is 5.82 Å². The molecule has 2 heterocycles. The lowest BCUT2D eigenvalue weighted by Gasteiger charge is -2.25. The van der Waals surface area contributed by atoms with Crippen LogP contribution in [0.15, 0.2) is 41.7 Å². The van der Waals surface area contributed by atoms with Crippen LogP contribution in [-0.4, -0.2) is 39.6 Å². The molecule has 3 rings (SSSR count). The van der Waals surface area contributed by atoms with Crippen LogP contribution < -0.4 is 5.73 Å². The minimum atomic E-state index is -0.738. The summed E-state index contributed by atoms with van der Waals surface area (Å²) in [5, 5.41) is 0.630. The van der Waals surface area contributed by atoms with Crippen LogP contribution in [-0.2, 0) is 5.54 Å². The maximum atomic E-state index is 13.5. The van der Waals surface area contributed by atoms with Gasteiger partial charge in [0.1, 0.15) is 10.8 Å². The molecule has 1 aromatic carbocycles. The second-order valence-corrected chi connectivity index (χ2v) is 7.04. The van der Waals surface area contributed by atoms with Crippen molar-refractivity contribution in [2.45, 2.75) is 23.9 Å². The molecule has 1 saturated heterocycles. The Morgan fingerprint density at radius 3 is 2.96 bits per heavy atom. The van der Waals surface area contributed by atoms with E-state index in [0.717, 1.165) is 5.75 Å². The molecule has 1 aliphatic heterocycles. The Morgan fingerprint density at radius 1 is 1.42 bits per heavy atom. The fraction of sp³-hybridized carbons (Fsp3) is 0.353. The summed E-state index contributed by atoms with van der Waals surface area (Å²) in [4.78, 5) is 22.9. The lowest BCUT2D eigenvalue weighted by molar-refractivity contribution is 0.0773. The van der Waals surface area contributed by atoms with Crippen LogP contribution in [0.2, 0.25) is 0 Å². The van der Waals surface area contributed by atoms with Crippen molar-refractivity contribution >= 4 is 17.7 Å². The molecule has 2 N–H and O–H groups in total. The molecule has 1 atom stereocenters. The molecule has 0 bridgehead atoms. The zero-order chi connectivity index (χ0) is 17.2. The van der Waals surface area contributed by atoms with Crippen molar-refractivity contribution in [3.8, 4) is 0 Å². The van der Waals surface area contributed by atoms with E-state index in [4.69, 9.17) is 5.73 Å². The van der Waals surface area contributed by atoms with Crippen molar-refractivity contribution in [3.63, 3.8) is 0 Å². The van der Waals surface area contributed by atoms with E-state index in [1.165, 1.54) is 30.1 Å². The Balaban J connectivity index is 1.82. The zero-order valence-corrected chi connectivity index (χ0v) is 14.2. The molecule has 2 aromatic rings. The summed E-state index contributed by atoms with van der Waals surface area (Å²) in [7, 11) is 0. The predicted molar refractivity (Wildman–Crippen MR) is 91.2 cm³/mol. The van der Waals surface area contributed by atoms with Crippen molar-refractivity contribution in [2.24, 2.45) is 5.73 Å². The number of amides is 1. The van der Waals surface area contributed by atoms with Gasteiger partial charge in [-0.25, -0.2) is 14.4 Å². The van der Waals surface area contributed by atoms with Gasteiger partial charge in [0.05, 0.1) is 5.54 Å². The van der Waals surface area contributed by atoms with Crippen LogP contribution in [0.1, 0.15) is 29.4 Å². The molecule has 1 aromatic heterocycles. The maximum Gasteiger partial charge on any atom is 0.275 e. The van der Waals surface area contributed by atoms with Gasteiger partial charge in [0.2, 0.25) is 0 Å². The summed E-state index contributed by atoms with van der Waals surface area (Å²) in [5.74, 6) is 0.309. The van der Waals surface area contributed by atoms with E-state index in [-0.39, 0.29) is 11.7 Å². The fourth-order valence-corrected chi connectivity index (χ4v) is 3.59. The number of rotatable bonds is 4. The van der Waals surface area contributed by atoms with Gasteiger partial charge < -0.3 is 10.6 Å². The van der Waals surface area contributed by atoms with Crippen LogP contribution in [0.4, 0.5) is 4.39 Å². The number of benzene rings is 1. The van der Waals surface area contributed by atoms with Gasteiger partial charge in [0, 0.05) is 25.5 Å². The van der Waals surface area contributed by atoms with Gasteiger partial charge in [-0.1, -0.05) is 19.1 Å². The Labute approximate surface area is 144 Å². The van der Waals surface area contributed by atoms with Gasteiger partial charge in [-0.2, -0.15) is 0 Å². The van der Waals surface area contributed by atoms with E-state index >= 15 is 0 Å². The topological polar surface area (TPSA) is 72.1 Å². The molecule has 1 amide bonds. The Kier molecular flexibility index (Phi) is 4.82. The molecule has 5 nitrogen and oxygen atoms in total. The van der Waals surface area contributed by atoms with Crippen molar-refractivity contribution in [2.75, 3.05) is 18.8 Å². The van der Waals surface area contributed by atoms with Crippen molar-refractivity contribution in [3.05, 3.63) is 53.7 Å². The van der Waals surface area contributed by atoms with Crippen molar-refractivity contribution in [1.82, 2.24) is 14.9 Å². The lowest BCUT2D eigenvalue weighted by atomic mass is 9.90. The second-order valence-electron chi connectivity index (χ2n) is 5.79. The van der Waals surface area contributed by atoms with Crippen molar-refractivity contribution in [1.29, 1.82) is 0 Å². The summed E-state index contributed by atoms with van der Waals surface area (Å²) < 4.78 is 13.5. The lowest BCUT2D eigenvalue weighted by Crippen LogP contribution is -2.41. The third-order valence-corrected chi connectivity index (χ3v) is 5.00. The highest BCUT2D eigenvalue weighted by molar-refractivity contribution is 7.99. The van der Waals surface area contributed by atoms with Gasteiger partial charge in [0.15, 0.2) is 5.69 Å². The highest BCUT2D eigenvalue weighted by Gasteiger charge is 2.39. The van der Waals surface area contributed by atoms with Gasteiger partial charge >= 0.3 is 0 Å². The first-order valence-electron chi connectivity index (χ1n) is 7.81. The third kappa shape index (κ3) is 3.27. The quantitative estimate of drug-likeness (QED) is 0.861. The number of carbonyl (C=O) groups excluding carboxylic acids is 1. The van der Waals surface area contributed by atoms with Crippen LogP contribution in [0.5, 0.6) is 0 Å². The van der Waals surface area contributed by atoms with Crippen LogP contribution in [0.25, 0.3) is 0 Å². The molecule has 0 aliphatic carbocycles. The summed E-state index contributed by atoms with van der Waals surface area (Å²) in [5.41, 5.74) is 6.78. The molecule has 1 unspecified atom stereocenters. The van der Waals surface area contributed by atoms with E-state index in [1.807, 2.05) is 6.92 Å². The van der Waals surface area contributed by atoms with E-state index in [2.05, 4.69) is 9.97 Å². The number of carbonyl (C=O) groups is 1. The Hall–Kier alpha value is -1.99. The molecule has 7 heteroatoms. The first kappa shape index (κ1) is 16.9. The number of hydrogen-bond acceptors (Lipinski definition) is 5. The van der Waals surface area contributed by atoms with E-state index in [1.54, 1.807) is 23.2 Å². The predicted octanol–water partition coefficient (Wildman–Crippen LogP) is 2.43. The largest absolute Gasteiger partial charge is 0.335 e. The fourth-order valence-electron chi connectivity index (χ4n) is 2.90. The Morgan fingerprint density at radius 2 is 2.21 bits per heavy atom. The standard InChI is InChI=1S/C17H19FN4OS/c1-2-24-15-14(20-7-8-21-15)16(23)22-9-6-17(19,11-22)12-4-3-5-13(18)10-12/h3-5,7-8,10H,2,6,9,11,19H2,1H3. The van der Waals surface area contributed by atoms with Gasteiger partial charge in [-0.15, -0.1) is 11.8 Å².